The first-order chi connectivity index (χ1) is 9.84. The predicted molar refractivity (Wildman–Crippen MR) is 77.6 cm³/mol. The Labute approximate surface area is 124 Å². The molecule has 1 saturated heterocycles. The minimum Gasteiger partial charge on any atom is -0.481 e. The summed E-state index contributed by atoms with van der Waals surface area (Å²) < 4.78 is 1.72. The molecule has 0 radical (unpaired) electrons. The van der Waals surface area contributed by atoms with E-state index in [2.05, 4.69) is 5.10 Å². The molecule has 6 heteroatoms. The quantitative estimate of drug-likeness (QED) is 0.923. The van der Waals surface area contributed by atoms with E-state index in [4.69, 9.17) is 0 Å². The maximum absolute atomic E-state index is 12.4. The lowest BCUT2D eigenvalue weighted by atomic mass is 9.89. The fourth-order valence-electron chi connectivity index (χ4n) is 3.15. The van der Waals surface area contributed by atoms with Gasteiger partial charge in [-0.25, -0.2) is 0 Å². The van der Waals surface area contributed by atoms with Gasteiger partial charge in [-0.2, -0.15) is 5.10 Å². The number of aromatic nitrogens is 2. The first-order valence-electron chi connectivity index (χ1n) is 7.37. The summed E-state index contributed by atoms with van der Waals surface area (Å²) in [5.41, 5.74) is 1.75. The molecule has 1 N–H and O–H groups in total. The lowest BCUT2D eigenvalue weighted by Gasteiger charge is -2.36. The van der Waals surface area contributed by atoms with Crippen molar-refractivity contribution in [2.24, 2.45) is 13.0 Å². The molecular formula is C15H23N3O3. The third kappa shape index (κ3) is 2.80. The van der Waals surface area contributed by atoms with Crippen LogP contribution in [0.15, 0.2) is 6.20 Å². The number of carbonyl (C=O) groups excluding carboxylic acids is 1. The molecule has 2 rings (SSSR count). The van der Waals surface area contributed by atoms with Gasteiger partial charge < -0.3 is 10.0 Å². The summed E-state index contributed by atoms with van der Waals surface area (Å²) in [6.07, 6.45) is 3.25. The van der Waals surface area contributed by atoms with E-state index in [1.165, 1.54) is 0 Å². The van der Waals surface area contributed by atoms with E-state index in [1.54, 1.807) is 15.8 Å². The lowest BCUT2D eigenvalue weighted by molar-refractivity contribution is -0.147. The Morgan fingerprint density at radius 1 is 1.48 bits per heavy atom. The number of amides is 1. The van der Waals surface area contributed by atoms with Crippen LogP contribution in [0.3, 0.4) is 0 Å². The van der Waals surface area contributed by atoms with Crippen LogP contribution in [-0.4, -0.2) is 37.7 Å². The van der Waals surface area contributed by atoms with Crippen molar-refractivity contribution in [2.75, 3.05) is 0 Å². The van der Waals surface area contributed by atoms with Crippen LogP contribution in [0.1, 0.15) is 50.4 Å². The SMILES string of the molecule is Cc1c(C2C(C(=O)O)CCCC(=O)N2C(C)C)cnn1C. The number of aryl methyl sites for hydroxylation is 1. The molecule has 21 heavy (non-hydrogen) atoms. The van der Waals surface area contributed by atoms with E-state index in [0.717, 1.165) is 11.3 Å². The van der Waals surface area contributed by atoms with E-state index in [9.17, 15) is 14.7 Å². The maximum Gasteiger partial charge on any atom is 0.308 e. The number of hydrogen-bond donors (Lipinski definition) is 1. The Morgan fingerprint density at radius 3 is 2.62 bits per heavy atom. The average Bonchev–Trinajstić information content (AvgIpc) is 2.62. The Morgan fingerprint density at radius 2 is 2.14 bits per heavy atom. The molecule has 1 aromatic heterocycles. The van der Waals surface area contributed by atoms with E-state index >= 15 is 0 Å². The Bertz CT molecular complexity index is 550. The monoisotopic (exact) mass is 293 g/mol. The lowest BCUT2D eigenvalue weighted by Crippen LogP contribution is -2.43. The average molecular weight is 293 g/mol. The molecule has 1 aromatic rings. The summed E-state index contributed by atoms with van der Waals surface area (Å²) >= 11 is 0. The highest BCUT2D eigenvalue weighted by Crippen LogP contribution is 2.38. The van der Waals surface area contributed by atoms with Gasteiger partial charge in [-0.1, -0.05) is 0 Å². The minimum absolute atomic E-state index is 0.0296. The Hall–Kier alpha value is -1.85. The van der Waals surface area contributed by atoms with Crippen molar-refractivity contribution in [2.45, 2.75) is 52.1 Å². The zero-order valence-corrected chi connectivity index (χ0v) is 13.0. The third-order valence-electron chi connectivity index (χ3n) is 4.34. The molecule has 1 aliphatic rings. The summed E-state index contributed by atoms with van der Waals surface area (Å²) in [7, 11) is 1.83. The molecule has 0 spiro atoms. The molecule has 0 saturated carbocycles. The molecule has 2 unspecified atom stereocenters. The van der Waals surface area contributed by atoms with Crippen molar-refractivity contribution in [1.82, 2.24) is 14.7 Å². The first kappa shape index (κ1) is 15.5. The predicted octanol–water partition coefficient (Wildman–Crippen LogP) is 1.89. The highest BCUT2D eigenvalue weighted by molar-refractivity contribution is 5.80. The Balaban J connectivity index is 2.56. The van der Waals surface area contributed by atoms with Gasteiger partial charge in [0.2, 0.25) is 5.91 Å². The molecular weight excluding hydrogens is 270 g/mol. The van der Waals surface area contributed by atoms with E-state index in [1.807, 2.05) is 27.8 Å². The zero-order chi connectivity index (χ0) is 15.7. The van der Waals surface area contributed by atoms with Crippen LogP contribution in [0.4, 0.5) is 0 Å². The maximum atomic E-state index is 12.4. The van der Waals surface area contributed by atoms with Gasteiger partial charge in [-0.15, -0.1) is 0 Å². The molecule has 2 atom stereocenters. The highest BCUT2D eigenvalue weighted by Gasteiger charge is 2.41. The number of carbonyl (C=O) groups is 2. The van der Waals surface area contributed by atoms with Gasteiger partial charge in [0.1, 0.15) is 0 Å². The summed E-state index contributed by atoms with van der Waals surface area (Å²) in [5.74, 6) is -1.40. The molecule has 1 aliphatic heterocycles. The van der Waals surface area contributed by atoms with Gasteiger partial charge in [0.15, 0.2) is 0 Å². The van der Waals surface area contributed by atoms with E-state index in [0.29, 0.717) is 19.3 Å². The summed E-state index contributed by atoms with van der Waals surface area (Å²) in [6, 6.07) is -0.478. The Kier molecular flexibility index (Phi) is 4.34. The summed E-state index contributed by atoms with van der Waals surface area (Å²) in [6.45, 7) is 5.77. The van der Waals surface area contributed by atoms with Crippen molar-refractivity contribution < 1.29 is 14.7 Å². The molecule has 0 aliphatic carbocycles. The molecule has 0 aromatic carbocycles. The second-order valence-electron chi connectivity index (χ2n) is 5.99. The van der Waals surface area contributed by atoms with Crippen LogP contribution >= 0.6 is 0 Å². The second kappa shape index (κ2) is 5.87. The van der Waals surface area contributed by atoms with Gasteiger partial charge in [0.05, 0.1) is 18.2 Å². The van der Waals surface area contributed by atoms with Crippen molar-refractivity contribution in [1.29, 1.82) is 0 Å². The number of likely N-dealkylation sites (tertiary alicyclic amines) is 1. The fraction of sp³-hybridized carbons (Fsp3) is 0.667. The van der Waals surface area contributed by atoms with Crippen LogP contribution in [0.2, 0.25) is 0 Å². The number of carboxylic acids is 1. The minimum atomic E-state index is -0.844. The van der Waals surface area contributed by atoms with Crippen LogP contribution < -0.4 is 0 Å². The normalized spacial score (nSPS) is 23.5. The first-order valence-corrected chi connectivity index (χ1v) is 7.37. The third-order valence-corrected chi connectivity index (χ3v) is 4.34. The number of rotatable bonds is 3. The van der Waals surface area contributed by atoms with Crippen molar-refractivity contribution >= 4 is 11.9 Å². The largest absolute Gasteiger partial charge is 0.481 e. The second-order valence-corrected chi connectivity index (χ2v) is 5.99. The molecule has 1 amide bonds. The fourth-order valence-corrected chi connectivity index (χ4v) is 3.15. The summed E-state index contributed by atoms with van der Waals surface area (Å²) in [4.78, 5) is 25.9. The highest BCUT2D eigenvalue weighted by atomic mass is 16.4. The van der Waals surface area contributed by atoms with Crippen LogP contribution in [0, 0.1) is 12.8 Å². The van der Waals surface area contributed by atoms with Crippen LogP contribution in [-0.2, 0) is 16.6 Å². The van der Waals surface area contributed by atoms with Gasteiger partial charge in [-0.3, -0.25) is 14.3 Å². The standard InChI is InChI=1S/C15H23N3O3/c1-9(2)18-13(19)7-5-6-11(15(20)21)14(18)12-8-16-17(4)10(12)3/h8-9,11,14H,5-7H2,1-4H3,(H,20,21). The topological polar surface area (TPSA) is 75.4 Å². The number of hydrogen-bond acceptors (Lipinski definition) is 3. The smallest absolute Gasteiger partial charge is 0.308 e. The summed E-state index contributed by atoms with van der Waals surface area (Å²) in [5, 5.41) is 13.8. The van der Waals surface area contributed by atoms with Crippen LogP contribution in [0.5, 0.6) is 0 Å². The molecule has 1 fully saturated rings. The molecule has 2 heterocycles. The molecule has 0 bridgehead atoms. The van der Waals surface area contributed by atoms with Crippen LogP contribution in [0.25, 0.3) is 0 Å². The van der Waals surface area contributed by atoms with Gasteiger partial charge in [0.25, 0.3) is 0 Å². The zero-order valence-electron chi connectivity index (χ0n) is 13.0. The van der Waals surface area contributed by atoms with E-state index < -0.39 is 17.9 Å². The number of carboxylic acid groups (broad SMARTS) is 1. The van der Waals surface area contributed by atoms with Crippen molar-refractivity contribution in [3.05, 3.63) is 17.5 Å². The van der Waals surface area contributed by atoms with Crippen molar-refractivity contribution in [3.63, 3.8) is 0 Å². The van der Waals surface area contributed by atoms with Gasteiger partial charge in [0, 0.05) is 30.8 Å². The molecule has 116 valence electrons. The number of aliphatic carboxylic acids is 1. The molecule has 6 nitrogen and oxygen atoms in total. The van der Waals surface area contributed by atoms with Gasteiger partial charge in [-0.05, 0) is 33.6 Å². The van der Waals surface area contributed by atoms with Crippen molar-refractivity contribution in [3.8, 4) is 0 Å². The van der Waals surface area contributed by atoms with Gasteiger partial charge >= 0.3 is 5.97 Å². The number of nitrogens with zero attached hydrogens (tertiary/aromatic N) is 3. The van der Waals surface area contributed by atoms with E-state index in [-0.39, 0.29) is 11.9 Å².